The molecule has 0 saturated carbocycles. The molecule has 0 spiro atoms. The van der Waals surface area contributed by atoms with Crippen molar-refractivity contribution in [3.05, 3.63) is 17.1 Å². The lowest BCUT2D eigenvalue weighted by molar-refractivity contribution is -0.692. The first kappa shape index (κ1) is 28.8. The van der Waals surface area contributed by atoms with Crippen LogP contribution >= 0.6 is 11.3 Å². The van der Waals surface area contributed by atoms with E-state index in [2.05, 4.69) is 28.6 Å². The van der Waals surface area contributed by atoms with Crippen LogP contribution in [0.3, 0.4) is 0 Å². The summed E-state index contributed by atoms with van der Waals surface area (Å²) in [5, 5.41) is 2.14. The average molecular weight is 481 g/mol. The molecule has 1 aromatic heterocycles. The smallest absolute Gasteiger partial charge is 0.224 e. The summed E-state index contributed by atoms with van der Waals surface area (Å²) in [6.07, 6.45) is 28.8. The number of aromatic nitrogens is 1. The average Bonchev–Trinajstić information content (AvgIpc) is 3.51. The fourth-order valence-corrected chi connectivity index (χ4v) is 5.63. The minimum atomic E-state index is 0.354. The lowest BCUT2D eigenvalue weighted by atomic mass is 9.97. The summed E-state index contributed by atoms with van der Waals surface area (Å²) in [5.41, 5.74) is 2.19. The summed E-state index contributed by atoms with van der Waals surface area (Å²) in [6, 6.07) is 0. The zero-order valence-electron chi connectivity index (χ0n) is 21.8. The first-order valence-electron chi connectivity index (χ1n) is 14.5. The van der Waals surface area contributed by atoms with E-state index in [1.807, 2.05) is 0 Å². The Morgan fingerprint density at radius 1 is 0.818 bits per heavy atom. The van der Waals surface area contributed by atoms with Crippen molar-refractivity contribution in [1.82, 2.24) is 0 Å². The fourth-order valence-electron chi connectivity index (χ4n) is 5.00. The maximum absolute atomic E-state index is 5.99. The van der Waals surface area contributed by atoms with Gasteiger partial charge in [-0.25, -0.2) is 0 Å². The third-order valence-electron chi connectivity index (χ3n) is 7.17. The second-order valence-corrected chi connectivity index (χ2v) is 11.1. The van der Waals surface area contributed by atoms with E-state index in [0.717, 1.165) is 32.3 Å². The lowest BCUT2D eigenvalue weighted by Gasteiger charge is -2.10. The van der Waals surface area contributed by atoms with Crippen molar-refractivity contribution in [2.45, 2.75) is 142 Å². The first-order valence-corrected chi connectivity index (χ1v) is 15.4. The molecule has 0 amide bonds. The van der Waals surface area contributed by atoms with Crippen LogP contribution in [0.1, 0.15) is 129 Å². The summed E-state index contributed by atoms with van der Waals surface area (Å²) in [5.74, 6) is 0.779. The Kier molecular flexibility index (Phi) is 18.2. The van der Waals surface area contributed by atoms with E-state index in [4.69, 9.17) is 9.47 Å². The number of aryl methyl sites for hydroxylation is 1. The summed E-state index contributed by atoms with van der Waals surface area (Å²) in [7, 11) is 0. The lowest BCUT2D eigenvalue weighted by Crippen LogP contribution is -2.29. The molecule has 4 heteroatoms. The molecule has 1 aliphatic rings. The van der Waals surface area contributed by atoms with Crippen molar-refractivity contribution in [3.8, 4) is 0 Å². The molecule has 0 aliphatic carbocycles. The number of thiazole rings is 1. The molecule has 0 unspecified atom stereocenters. The highest BCUT2D eigenvalue weighted by molar-refractivity contribution is 7.07. The molecule has 1 fully saturated rings. The molecule has 0 aromatic carbocycles. The summed E-state index contributed by atoms with van der Waals surface area (Å²) in [4.78, 5) is 0. The van der Waals surface area contributed by atoms with Crippen molar-refractivity contribution in [2.75, 3.05) is 19.8 Å². The van der Waals surface area contributed by atoms with Gasteiger partial charge in [-0.05, 0) is 31.6 Å². The number of hydrogen-bond donors (Lipinski definition) is 0. The van der Waals surface area contributed by atoms with E-state index in [-0.39, 0.29) is 0 Å². The molecule has 0 bridgehead atoms. The molecule has 0 N–H and O–H groups in total. The van der Waals surface area contributed by atoms with Crippen LogP contribution in [0.2, 0.25) is 0 Å². The maximum atomic E-state index is 5.99. The predicted molar refractivity (Wildman–Crippen MR) is 142 cm³/mol. The molecule has 1 aromatic rings. The van der Waals surface area contributed by atoms with Crippen molar-refractivity contribution < 1.29 is 14.0 Å². The zero-order chi connectivity index (χ0) is 23.2. The Morgan fingerprint density at radius 3 is 2.12 bits per heavy atom. The third kappa shape index (κ3) is 16.0. The highest BCUT2D eigenvalue weighted by Crippen LogP contribution is 2.25. The van der Waals surface area contributed by atoms with Gasteiger partial charge in [0.15, 0.2) is 6.20 Å². The van der Waals surface area contributed by atoms with Crippen molar-refractivity contribution >= 4 is 11.3 Å². The normalized spacial score (nSPS) is 18.3. The molecular weight excluding hydrogens is 426 g/mol. The molecule has 1 aliphatic heterocycles. The molecule has 2 heterocycles. The minimum Gasteiger partial charge on any atom is -0.379 e. The van der Waals surface area contributed by atoms with E-state index in [1.54, 1.807) is 11.3 Å². The van der Waals surface area contributed by atoms with Gasteiger partial charge in [-0.1, -0.05) is 108 Å². The number of unbranched alkanes of at least 4 members (excludes halogenated alkanes) is 15. The topological polar surface area (TPSA) is 22.3 Å². The Labute approximate surface area is 209 Å². The van der Waals surface area contributed by atoms with Crippen LogP contribution in [-0.4, -0.2) is 25.9 Å². The largest absolute Gasteiger partial charge is 0.379 e. The van der Waals surface area contributed by atoms with Crippen LogP contribution in [0, 0.1) is 5.92 Å². The van der Waals surface area contributed by atoms with E-state index in [9.17, 15) is 0 Å². The maximum Gasteiger partial charge on any atom is 0.224 e. The van der Waals surface area contributed by atoms with Crippen molar-refractivity contribution in [1.29, 1.82) is 0 Å². The molecule has 2 atom stereocenters. The Bertz CT molecular complexity index is 522. The monoisotopic (exact) mass is 480 g/mol. The van der Waals surface area contributed by atoms with Gasteiger partial charge in [0.25, 0.3) is 0 Å². The van der Waals surface area contributed by atoms with Crippen LogP contribution < -0.4 is 4.57 Å². The van der Waals surface area contributed by atoms with Crippen molar-refractivity contribution in [3.63, 3.8) is 0 Å². The molecule has 0 radical (unpaired) electrons. The van der Waals surface area contributed by atoms with Gasteiger partial charge in [0.2, 0.25) is 5.51 Å². The molecule has 192 valence electrons. The Hall–Kier alpha value is -0.450. The van der Waals surface area contributed by atoms with Crippen LogP contribution in [0.25, 0.3) is 0 Å². The SMILES string of the molecule is CCCCCCCCCCCCCCC[C@@H]1CO[C@@H](COCCCCCC[n+]2ccsc2)C1. The van der Waals surface area contributed by atoms with Crippen LogP contribution in [0.15, 0.2) is 17.1 Å². The number of ether oxygens (including phenoxy) is 2. The summed E-state index contributed by atoms with van der Waals surface area (Å²) < 4.78 is 14.2. The van der Waals surface area contributed by atoms with Crippen LogP contribution in [-0.2, 0) is 16.0 Å². The highest BCUT2D eigenvalue weighted by Gasteiger charge is 2.24. The second kappa shape index (κ2) is 20.9. The van der Waals surface area contributed by atoms with Gasteiger partial charge in [-0.2, -0.15) is 4.57 Å². The Morgan fingerprint density at radius 2 is 1.45 bits per heavy atom. The first-order chi connectivity index (χ1) is 16.4. The van der Waals surface area contributed by atoms with E-state index < -0.39 is 0 Å². The molecule has 33 heavy (non-hydrogen) atoms. The van der Waals surface area contributed by atoms with Crippen molar-refractivity contribution in [2.24, 2.45) is 5.92 Å². The number of nitrogens with zero attached hydrogens (tertiary/aromatic N) is 1. The summed E-state index contributed by atoms with van der Waals surface area (Å²) >= 11 is 1.77. The minimum absolute atomic E-state index is 0.354. The van der Waals surface area contributed by atoms with E-state index in [0.29, 0.717) is 6.10 Å². The molecule has 1 saturated heterocycles. The van der Waals surface area contributed by atoms with Gasteiger partial charge in [0.1, 0.15) is 6.54 Å². The quantitative estimate of drug-likeness (QED) is 0.116. The van der Waals surface area contributed by atoms with Gasteiger partial charge < -0.3 is 9.47 Å². The zero-order valence-corrected chi connectivity index (χ0v) is 22.6. The van der Waals surface area contributed by atoms with Gasteiger partial charge in [0.05, 0.1) is 18.1 Å². The predicted octanol–water partition coefficient (Wildman–Crippen LogP) is 8.50. The fraction of sp³-hybridized carbons (Fsp3) is 0.897. The number of rotatable bonds is 23. The standard InChI is InChI=1S/C29H54NO2S/c1-2-3-4-5-6-7-8-9-10-11-12-13-16-19-28-24-29(32-25-28)26-31-22-18-15-14-17-20-30-21-23-33-27-30/h21,23,27-29H,2-20,22,24-26H2,1H3/q+1/t28-,29+/m0/s1. The van der Waals surface area contributed by atoms with Crippen LogP contribution in [0.5, 0.6) is 0 Å². The second-order valence-electron chi connectivity index (χ2n) is 10.3. The van der Waals surface area contributed by atoms with E-state index in [1.165, 1.54) is 122 Å². The third-order valence-corrected chi connectivity index (χ3v) is 7.84. The van der Waals surface area contributed by atoms with Gasteiger partial charge in [-0.15, -0.1) is 0 Å². The van der Waals surface area contributed by atoms with Gasteiger partial charge in [-0.3, -0.25) is 0 Å². The van der Waals surface area contributed by atoms with Gasteiger partial charge >= 0.3 is 0 Å². The molecular formula is C29H54NO2S+. The summed E-state index contributed by atoms with van der Waals surface area (Å²) in [6.45, 7) is 6.12. The van der Waals surface area contributed by atoms with Crippen LogP contribution in [0.4, 0.5) is 0 Å². The molecule has 3 nitrogen and oxygen atoms in total. The van der Waals surface area contributed by atoms with E-state index >= 15 is 0 Å². The number of hydrogen-bond acceptors (Lipinski definition) is 3. The van der Waals surface area contributed by atoms with Gasteiger partial charge in [0, 0.05) is 19.6 Å². The highest BCUT2D eigenvalue weighted by atomic mass is 32.1. The Balaban J connectivity index is 1.27. The molecule has 2 rings (SSSR count).